The minimum absolute atomic E-state index is 0.178. The van der Waals surface area contributed by atoms with Crippen LogP contribution >= 0.6 is 0 Å². The largest absolute Gasteiger partial charge is 0.481 e. The molecule has 0 aromatic heterocycles. The van der Waals surface area contributed by atoms with Gasteiger partial charge in [0.25, 0.3) is 0 Å². The van der Waals surface area contributed by atoms with Gasteiger partial charge >= 0.3 is 5.97 Å². The van der Waals surface area contributed by atoms with E-state index in [4.69, 9.17) is 5.11 Å². The second-order valence-corrected chi connectivity index (χ2v) is 5.39. The number of carbonyl (C=O) groups is 1. The van der Waals surface area contributed by atoms with Crippen molar-refractivity contribution in [2.75, 3.05) is 11.4 Å². The molecule has 106 valence electrons. The van der Waals surface area contributed by atoms with Crippen molar-refractivity contribution in [3.63, 3.8) is 0 Å². The van der Waals surface area contributed by atoms with E-state index >= 15 is 0 Å². The number of nitrogens with zero attached hydrogens (tertiary/aromatic N) is 1. The predicted molar refractivity (Wildman–Crippen MR) is 79.7 cm³/mol. The van der Waals surface area contributed by atoms with E-state index in [1.807, 2.05) is 0 Å². The standard InChI is InChI=1S/C16H25NO2/c1-5-15(12(2)3)17(11-10-16(18)19)14-8-6-13(4)7-9-14/h6-9,12,15H,5,10-11H2,1-4H3,(H,18,19). The third-order valence-electron chi connectivity index (χ3n) is 3.52. The van der Waals surface area contributed by atoms with Crippen molar-refractivity contribution in [3.8, 4) is 0 Å². The van der Waals surface area contributed by atoms with Crippen LogP contribution in [0.15, 0.2) is 24.3 Å². The van der Waals surface area contributed by atoms with E-state index in [1.165, 1.54) is 5.56 Å². The first-order chi connectivity index (χ1) is 8.95. The van der Waals surface area contributed by atoms with Crippen LogP contribution in [-0.2, 0) is 4.79 Å². The molecule has 0 fully saturated rings. The summed E-state index contributed by atoms with van der Waals surface area (Å²) in [5.74, 6) is -0.240. The minimum Gasteiger partial charge on any atom is -0.481 e. The van der Waals surface area contributed by atoms with E-state index in [9.17, 15) is 4.79 Å². The highest BCUT2D eigenvalue weighted by atomic mass is 16.4. The van der Waals surface area contributed by atoms with Gasteiger partial charge in [0.2, 0.25) is 0 Å². The molecule has 19 heavy (non-hydrogen) atoms. The molecule has 0 radical (unpaired) electrons. The quantitative estimate of drug-likeness (QED) is 0.815. The van der Waals surface area contributed by atoms with Crippen LogP contribution in [0.3, 0.4) is 0 Å². The third kappa shape index (κ3) is 4.58. The molecule has 0 bridgehead atoms. The lowest BCUT2D eigenvalue weighted by atomic mass is 9.98. The Morgan fingerprint density at radius 3 is 2.26 bits per heavy atom. The third-order valence-corrected chi connectivity index (χ3v) is 3.52. The summed E-state index contributed by atoms with van der Waals surface area (Å²) in [6.07, 6.45) is 1.20. The first-order valence-electron chi connectivity index (χ1n) is 7.00. The van der Waals surface area contributed by atoms with Crippen molar-refractivity contribution < 1.29 is 9.90 Å². The van der Waals surface area contributed by atoms with Crippen LogP contribution in [0.5, 0.6) is 0 Å². The number of hydrogen-bond donors (Lipinski definition) is 1. The van der Waals surface area contributed by atoms with Gasteiger partial charge in [-0.15, -0.1) is 0 Å². The monoisotopic (exact) mass is 263 g/mol. The van der Waals surface area contributed by atoms with Crippen LogP contribution in [0.2, 0.25) is 0 Å². The molecule has 0 aliphatic rings. The highest BCUT2D eigenvalue weighted by Gasteiger charge is 2.21. The molecule has 1 aromatic carbocycles. The van der Waals surface area contributed by atoms with Gasteiger partial charge in [-0.3, -0.25) is 4.79 Å². The molecule has 0 amide bonds. The molecule has 0 spiro atoms. The fraction of sp³-hybridized carbons (Fsp3) is 0.562. The topological polar surface area (TPSA) is 40.5 Å². The Kier molecular flexibility index (Phi) is 5.87. The maximum atomic E-state index is 10.8. The molecule has 0 saturated carbocycles. The average Bonchev–Trinajstić information content (AvgIpc) is 2.35. The lowest BCUT2D eigenvalue weighted by molar-refractivity contribution is -0.136. The molecule has 0 saturated heterocycles. The maximum Gasteiger partial charge on any atom is 0.305 e. The molecule has 3 heteroatoms. The number of aryl methyl sites for hydroxylation is 1. The van der Waals surface area contributed by atoms with E-state index in [0.29, 0.717) is 18.5 Å². The van der Waals surface area contributed by atoms with E-state index in [-0.39, 0.29) is 6.42 Å². The number of aliphatic carboxylic acids is 1. The zero-order valence-electron chi connectivity index (χ0n) is 12.4. The first-order valence-corrected chi connectivity index (χ1v) is 7.00. The molecule has 0 aliphatic heterocycles. The van der Waals surface area contributed by atoms with E-state index < -0.39 is 5.97 Å². The van der Waals surface area contributed by atoms with E-state index in [0.717, 1.165) is 12.1 Å². The Labute approximate surface area is 116 Å². The predicted octanol–water partition coefficient (Wildman–Crippen LogP) is 3.71. The van der Waals surface area contributed by atoms with Gasteiger partial charge in [0.15, 0.2) is 0 Å². The summed E-state index contributed by atoms with van der Waals surface area (Å²) >= 11 is 0. The first kappa shape index (κ1) is 15.5. The van der Waals surface area contributed by atoms with Crippen molar-refractivity contribution in [2.45, 2.75) is 46.6 Å². The minimum atomic E-state index is -0.740. The van der Waals surface area contributed by atoms with Gasteiger partial charge in [-0.2, -0.15) is 0 Å². The molecular weight excluding hydrogens is 238 g/mol. The number of carboxylic acids is 1. The van der Waals surface area contributed by atoms with Crippen LogP contribution in [0.1, 0.15) is 39.2 Å². The summed E-state index contributed by atoms with van der Waals surface area (Å²) in [4.78, 5) is 13.1. The van der Waals surface area contributed by atoms with Gasteiger partial charge in [0, 0.05) is 18.3 Å². The molecule has 0 heterocycles. The Morgan fingerprint density at radius 2 is 1.84 bits per heavy atom. The van der Waals surface area contributed by atoms with Gasteiger partial charge in [0.05, 0.1) is 6.42 Å². The number of anilines is 1. The van der Waals surface area contributed by atoms with Gasteiger partial charge in [0.1, 0.15) is 0 Å². The molecule has 1 N–H and O–H groups in total. The molecule has 1 atom stereocenters. The molecular formula is C16H25NO2. The average molecular weight is 263 g/mol. The molecule has 1 unspecified atom stereocenters. The van der Waals surface area contributed by atoms with Crippen LogP contribution in [0.4, 0.5) is 5.69 Å². The molecule has 1 aromatic rings. The highest BCUT2D eigenvalue weighted by molar-refractivity contribution is 5.67. The lowest BCUT2D eigenvalue weighted by Crippen LogP contribution is -2.40. The summed E-state index contributed by atoms with van der Waals surface area (Å²) < 4.78 is 0. The Morgan fingerprint density at radius 1 is 1.26 bits per heavy atom. The van der Waals surface area contributed by atoms with Crippen LogP contribution < -0.4 is 4.90 Å². The number of rotatable bonds is 7. The SMILES string of the molecule is CCC(C(C)C)N(CCC(=O)O)c1ccc(C)cc1. The Hall–Kier alpha value is -1.51. The van der Waals surface area contributed by atoms with Crippen molar-refractivity contribution >= 4 is 11.7 Å². The van der Waals surface area contributed by atoms with Crippen molar-refractivity contribution in [2.24, 2.45) is 5.92 Å². The second kappa shape index (κ2) is 7.17. The summed E-state index contributed by atoms with van der Waals surface area (Å²) in [7, 11) is 0. The normalized spacial score (nSPS) is 12.5. The van der Waals surface area contributed by atoms with Crippen LogP contribution in [0, 0.1) is 12.8 Å². The fourth-order valence-electron chi connectivity index (χ4n) is 2.49. The smallest absolute Gasteiger partial charge is 0.305 e. The molecule has 0 aliphatic carbocycles. The Balaban J connectivity index is 2.96. The summed E-state index contributed by atoms with van der Waals surface area (Å²) in [6.45, 7) is 9.17. The van der Waals surface area contributed by atoms with Gasteiger partial charge in [-0.25, -0.2) is 0 Å². The Bertz CT molecular complexity index is 398. The van der Waals surface area contributed by atoms with Crippen LogP contribution in [-0.4, -0.2) is 23.7 Å². The molecule has 1 rings (SSSR count). The van der Waals surface area contributed by atoms with Gasteiger partial charge in [-0.05, 0) is 31.4 Å². The van der Waals surface area contributed by atoms with Crippen molar-refractivity contribution in [1.82, 2.24) is 0 Å². The maximum absolute atomic E-state index is 10.8. The summed E-state index contributed by atoms with van der Waals surface area (Å²) in [5.41, 5.74) is 2.34. The van der Waals surface area contributed by atoms with E-state index in [1.54, 1.807) is 0 Å². The van der Waals surface area contributed by atoms with Gasteiger partial charge in [-0.1, -0.05) is 38.5 Å². The zero-order chi connectivity index (χ0) is 14.4. The number of carboxylic acid groups (broad SMARTS) is 1. The van der Waals surface area contributed by atoms with E-state index in [2.05, 4.69) is 56.9 Å². The van der Waals surface area contributed by atoms with Gasteiger partial charge < -0.3 is 10.0 Å². The van der Waals surface area contributed by atoms with Crippen molar-refractivity contribution in [1.29, 1.82) is 0 Å². The number of benzene rings is 1. The zero-order valence-corrected chi connectivity index (χ0v) is 12.4. The number of hydrogen-bond acceptors (Lipinski definition) is 2. The second-order valence-electron chi connectivity index (χ2n) is 5.39. The summed E-state index contributed by atoms with van der Waals surface area (Å²) in [5, 5.41) is 8.92. The van der Waals surface area contributed by atoms with Crippen LogP contribution in [0.25, 0.3) is 0 Å². The van der Waals surface area contributed by atoms with Crippen molar-refractivity contribution in [3.05, 3.63) is 29.8 Å². The summed E-state index contributed by atoms with van der Waals surface area (Å²) in [6, 6.07) is 8.71. The fourth-order valence-corrected chi connectivity index (χ4v) is 2.49. The highest BCUT2D eigenvalue weighted by Crippen LogP contribution is 2.24. The molecule has 3 nitrogen and oxygen atoms in total. The lowest BCUT2D eigenvalue weighted by Gasteiger charge is -2.35.